The van der Waals surface area contributed by atoms with Crippen LogP contribution in [0.25, 0.3) is 0 Å². The molecule has 0 aliphatic rings. The number of aldehydes is 1. The summed E-state index contributed by atoms with van der Waals surface area (Å²) in [7, 11) is 0. The van der Waals surface area contributed by atoms with Gasteiger partial charge in [-0.1, -0.05) is 57.2 Å². The van der Waals surface area contributed by atoms with Gasteiger partial charge in [-0.15, -0.1) is 0 Å². The van der Waals surface area contributed by atoms with E-state index >= 15 is 0 Å². The van der Waals surface area contributed by atoms with Gasteiger partial charge in [-0.3, -0.25) is 4.79 Å². The summed E-state index contributed by atoms with van der Waals surface area (Å²) < 4.78 is 0. The number of hydrogen-bond acceptors (Lipinski definition) is 1. The Hall–Kier alpha value is -1.37. The lowest BCUT2D eigenvalue weighted by Gasteiger charge is -2.10. The molecule has 1 rings (SSSR count). The predicted octanol–water partition coefficient (Wildman–Crippen LogP) is 3.57. The lowest BCUT2D eigenvalue weighted by Crippen LogP contribution is -1.99. The number of hydrogen-bond donors (Lipinski definition) is 0. The number of carbonyl (C=O) groups is 1. The standard InChI is InChI=1S/C14H18O/c1-11(2)14(10-15)9-12(3)13-7-5-4-6-8-13/h4-12H,1-3H3/b14-9+. The molecule has 0 bridgehead atoms. The molecule has 0 heterocycles. The van der Waals surface area contributed by atoms with Gasteiger partial charge in [-0.05, 0) is 23.0 Å². The fourth-order valence-corrected chi connectivity index (χ4v) is 1.51. The van der Waals surface area contributed by atoms with E-state index in [1.54, 1.807) is 0 Å². The first kappa shape index (κ1) is 11.7. The highest BCUT2D eigenvalue weighted by atomic mass is 16.1. The van der Waals surface area contributed by atoms with Crippen LogP contribution in [-0.2, 0) is 4.79 Å². The van der Waals surface area contributed by atoms with Crippen LogP contribution in [0.3, 0.4) is 0 Å². The van der Waals surface area contributed by atoms with Gasteiger partial charge in [0.15, 0.2) is 0 Å². The monoisotopic (exact) mass is 202 g/mol. The van der Waals surface area contributed by atoms with Crippen LogP contribution in [0, 0.1) is 5.92 Å². The fraction of sp³-hybridized carbons (Fsp3) is 0.357. The number of benzene rings is 1. The van der Waals surface area contributed by atoms with E-state index in [4.69, 9.17) is 0 Å². The van der Waals surface area contributed by atoms with E-state index in [1.807, 2.05) is 38.1 Å². The summed E-state index contributed by atoms with van der Waals surface area (Å²) in [5.74, 6) is 0.600. The topological polar surface area (TPSA) is 17.1 Å². The van der Waals surface area contributed by atoms with Crippen molar-refractivity contribution < 1.29 is 4.79 Å². The molecule has 1 aromatic rings. The van der Waals surface area contributed by atoms with Crippen molar-refractivity contribution in [3.63, 3.8) is 0 Å². The summed E-state index contributed by atoms with van der Waals surface area (Å²) in [4.78, 5) is 10.8. The van der Waals surface area contributed by atoms with E-state index in [0.29, 0.717) is 11.8 Å². The third-order valence-corrected chi connectivity index (χ3v) is 2.57. The minimum absolute atomic E-state index is 0.300. The van der Waals surface area contributed by atoms with Gasteiger partial charge in [0, 0.05) is 0 Å². The van der Waals surface area contributed by atoms with Crippen molar-refractivity contribution >= 4 is 6.29 Å². The zero-order valence-electron chi connectivity index (χ0n) is 9.60. The number of carbonyl (C=O) groups excluding carboxylic acids is 1. The molecule has 1 atom stereocenters. The Kier molecular flexibility index (Phi) is 4.29. The minimum atomic E-state index is 0.300. The van der Waals surface area contributed by atoms with Crippen molar-refractivity contribution in [1.82, 2.24) is 0 Å². The van der Waals surface area contributed by atoms with Gasteiger partial charge < -0.3 is 0 Å². The second kappa shape index (κ2) is 5.50. The third kappa shape index (κ3) is 3.35. The molecule has 80 valence electrons. The van der Waals surface area contributed by atoms with Gasteiger partial charge >= 0.3 is 0 Å². The molecule has 0 aliphatic heterocycles. The summed E-state index contributed by atoms with van der Waals surface area (Å²) >= 11 is 0. The molecule has 0 saturated carbocycles. The molecule has 0 saturated heterocycles. The summed E-state index contributed by atoms with van der Waals surface area (Å²) in [6, 6.07) is 10.2. The molecule has 1 unspecified atom stereocenters. The first-order valence-corrected chi connectivity index (χ1v) is 5.37. The second-order valence-corrected chi connectivity index (χ2v) is 4.14. The van der Waals surface area contributed by atoms with Crippen molar-refractivity contribution in [2.75, 3.05) is 0 Å². The summed E-state index contributed by atoms with van der Waals surface area (Å²) in [5, 5.41) is 0. The molecule has 1 nitrogen and oxygen atoms in total. The van der Waals surface area contributed by atoms with Gasteiger partial charge in [-0.25, -0.2) is 0 Å². The maximum Gasteiger partial charge on any atom is 0.145 e. The van der Waals surface area contributed by atoms with Crippen LogP contribution in [0.5, 0.6) is 0 Å². The summed E-state index contributed by atoms with van der Waals surface area (Å²) in [6.45, 7) is 6.19. The molecule has 0 radical (unpaired) electrons. The highest BCUT2D eigenvalue weighted by molar-refractivity contribution is 5.74. The molecule has 0 N–H and O–H groups in total. The lowest BCUT2D eigenvalue weighted by molar-refractivity contribution is -0.105. The van der Waals surface area contributed by atoms with E-state index in [1.165, 1.54) is 5.56 Å². The van der Waals surface area contributed by atoms with Crippen LogP contribution in [0.1, 0.15) is 32.3 Å². The summed E-state index contributed by atoms with van der Waals surface area (Å²) in [6.07, 6.45) is 3.01. The minimum Gasteiger partial charge on any atom is -0.298 e. The zero-order chi connectivity index (χ0) is 11.3. The number of rotatable bonds is 4. The molecule has 0 aliphatic carbocycles. The quantitative estimate of drug-likeness (QED) is 0.539. The Morgan fingerprint density at radius 2 is 1.73 bits per heavy atom. The van der Waals surface area contributed by atoms with Crippen molar-refractivity contribution in [2.24, 2.45) is 5.92 Å². The van der Waals surface area contributed by atoms with Crippen LogP contribution in [0.4, 0.5) is 0 Å². The molecule has 0 amide bonds. The van der Waals surface area contributed by atoms with Gasteiger partial charge in [0.1, 0.15) is 6.29 Å². The average molecular weight is 202 g/mol. The van der Waals surface area contributed by atoms with Crippen LogP contribution in [-0.4, -0.2) is 6.29 Å². The Bertz CT molecular complexity index is 336. The Labute approximate surface area is 91.8 Å². The second-order valence-electron chi connectivity index (χ2n) is 4.14. The zero-order valence-corrected chi connectivity index (χ0v) is 9.60. The smallest absolute Gasteiger partial charge is 0.145 e. The van der Waals surface area contributed by atoms with Crippen LogP contribution < -0.4 is 0 Å². The van der Waals surface area contributed by atoms with Crippen LogP contribution in [0.15, 0.2) is 42.0 Å². The number of allylic oxidation sites excluding steroid dienone is 2. The van der Waals surface area contributed by atoms with E-state index in [2.05, 4.69) is 19.1 Å². The van der Waals surface area contributed by atoms with Gasteiger partial charge in [0.25, 0.3) is 0 Å². The van der Waals surface area contributed by atoms with E-state index in [9.17, 15) is 4.79 Å². The normalized spacial score (nSPS) is 14.0. The predicted molar refractivity (Wildman–Crippen MR) is 63.8 cm³/mol. The maximum absolute atomic E-state index is 10.8. The SMILES string of the molecule is CC(C)/C(C=O)=C/C(C)c1ccccc1. The van der Waals surface area contributed by atoms with Gasteiger partial charge in [-0.2, -0.15) is 0 Å². The molecule has 1 aromatic carbocycles. The first-order chi connectivity index (χ1) is 7.15. The van der Waals surface area contributed by atoms with Crippen LogP contribution in [0.2, 0.25) is 0 Å². The largest absolute Gasteiger partial charge is 0.298 e. The van der Waals surface area contributed by atoms with Crippen molar-refractivity contribution in [2.45, 2.75) is 26.7 Å². The van der Waals surface area contributed by atoms with Crippen LogP contribution >= 0.6 is 0 Å². The average Bonchev–Trinajstić information content (AvgIpc) is 2.26. The third-order valence-electron chi connectivity index (χ3n) is 2.57. The molecule has 15 heavy (non-hydrogen) atoms. The Morgan fingerprint density at radius 3 is 2.20 bits per heavy atom. The van der Waals surface area contributed by atoms with Crippen molar-refractivity contribution in [1.29, 1.82) is 0 Å². The van der Waals surface area contributed by atoms with Crippen molar-refractivity contribution in [3.05, 3.63) is 47.5 Å². The molecule has 0 aromatic heterocycles. The first-order valence-electron chi connectivity index (χ1n) is 5.37. The van der Waals surface area contributed by atoms with Gasteiger partial charge in [0.05, 0.1) is 0 Å². The Morgan fingerprint density at radius 1 is 1.13 bits per heavy atom. The summed E-state index contributed by atoms with van der Waals surface area (Å²) in [5.41, 5.74) is 2.13. The van der Waals surface area contributed by atoms with Crippen molar-refractivity contribution in [3.8, 4) is 0 Å². The van der Waals surface area contributed by atoms with E-state index < -0.39 is 0 Å². The van der Waals surface area contributed by atoms with E-state index in [-0.39, 0.29) is 0 Å². The molecular weight excluding hydrogens is 184 g/mol. The highest BCUT2D eigenvalue weighted by Gasteiger charge is 2.06. The van der Waals surface area contributed by atoms with Gasteiger partial charge in [0.2, 0.25) is 0 Å². The fourth-order valence-electron chi connectivity index (χ4n) is 1.51. The van der Waals surface area contributed by atoms with E-state index in [0.717, 1.165) is 11.9 Å². The maximum atomic E-state index is 10.8. The molecule has 1 heteroatoms. The molecule has 0 fully saturated rings. The highest BCUT2D eigenvalue weighted by Crippen LogP contribution is 2.19. The molecular formula is C14H18O. The Balaban J connectivity index is 2.86. The molecule has 0 spiro atoms. The lowest BCUT2D eigenvalue weighted by atomic mass is 9.95.